The lowest BCUT2D eigenvalue weighted by molar-refractivity contribution is 0.0696. The number of nitrogens with one attached hydrogen (secondary N) is 1. The Labute approximate surface area is 159 Å². The van der Waals surface area contributed by atoms with Gasteiger partial charge in [0.25, 0.3) is 5.91 Å². The molecule has 6 nitrogen and oxygen atoms in total. The Morgan fingerprint density at radius 3 is 2.65 bits per heavy atom. The van der Waals surface area contributed by atoms with E-state index in [9.17, 15) is 9.90 Å². The van der Waals surface area contributed by atoms with Crippen molar-refractivity contribution in [3.8, 4) is 0 Å². The molecule has 0 aliphatic heterocycles. The van der Waals surface area contributed by atoms with Crippen molar-refractivity contribution in [2.24, 2.45) is 0 Å². The van der Waals surface area contributed by atoms with Crippen molar-refractivity contribution in [2.45, 2.75) is 72.3 Å². The summed E-state index contributed by atoms with van der Waals surface area (Å²) in [4.78, 5) is 17.5. The number of nitrogens with zero attached hydrogens (tertiary/aromatic N) is 2. The van der Waals surface area contributed by atoms with Crippen molar-refractivity contribution in [3.05, 3.63) is 32.6 Å². The van der Waals surface area contributed by atoms with E-state index in [2.05, 4.69) is 22.4 Å². The van der Waals surface area contributed by atoms with E-state index in [0.717, 1.165) is 54.3 Å². The normalized spacial score (nSPS) is 11.8. The maximum Gasteiger partial charge on any atom is 0.263 e. The summed E-state index contributed by atoms with van der Waals surface area (Å²) in [5.74, 6) is 0.686. The van der Waals surface area contributed by atoms with E-state index < -0.39 is 5.60 Å². The lowest BCUT2D eigenvalue weighted by Gasteiger charge is -2.17. The summed E-state index contributed by atoms with van der Waals surface area (Å²) in [6, 6.07) is 0. The minimum Gasteiger partial charge on any atom is -0.389 e. The number of carbonyl (C=O) groups is 1. The van der Waals surface area contributed by atoms with E-state index in [0.29, 0.717) is 4.88 Å². The van der Waals surface area contributed by atoms with Gasteiger partial charge in [0, 0.05) is 18.5 Å². The molecule has 0 aromatic carbocycles. The molecule has 2 rings (SSSR count). The van der Waals surface area contributed by atoms with Crippen molar-refractivity contribution < 1.29 is 14.4 Å². The van der Waals surface area contributed by atoms with Crippen LogP contribution in [0.5, 0.6) is 0 Å². The van der Waals surface area contributed by atoms with Crippen LogP contribution in [0, 0.1) is 13.8 Å². The van der Waals surface area contributed by atoms with Crippen LogP contribution in [0.25, 0.3) is 0 Å². The fourth-order valence-electron chi connectivity index (χ4n) is 2.68. The Morgan fingerprint density at radius 1 is 1.27 bits per heavy atom. The largest absolute Gasteiger partial charge is 0.389 e. The number of rotatable bonds is 9. The highest BCUT2D eigenvalue weighted by Gasteiger charge is 2.20. The molecule has 2 aromatic heterocycles. The van der Waals surface area contributed by atoms with Gasteiger partial charge >= 0.3 is 0 Å². The van der Waals surface area contributed by atoms with E-state index in [4.69, 9.17) is 4.52 Å². The number of thiazole rings is 1. The number of aryl methyl sites for hydroxylation is 4. The zero-order valence-corrected chi connectivity index (χ0v) is 17.1. The van der Waals surface area contributed by atoms with Crippen molar-refractivity contribution >= 4 is 17.2 Å². The van der Waals surface area contributed by atoms with Crippen LogP contribution < -0.4 is 5.32 Å². The first-order valence-electron chi connectivity index (χ1n) is 9.12. The van der Waals surface area contributed by atoms with Crippen molar-refractivity contribution in [3.63, 3.8) is 0 Å². The fraction of sp³-hybridized carbons (Fsp3) is 0.632. The molecule has 7 heteroatoms. The third-order valence-corrected chi connectivity index (χ3v) is 5.37. The summed E-state index contributed by atoms with van der Waals surface area (Å²) >= 11 is 1.41. The van der Waals surface area contributed by atoms with Gasteiger partial charge < -0.3 is 14.9 Å². The summed E-state index contributed by atoms with van der Waals surface area (Å²) in [6.45, 7) is 9.48. The second-order valence-corrected chi connectivity index (χ2v) is 8.37. The predicted molar refractivity (Wildman–Crippen MR) is 103 cm³/mol. The molecule has 0 unspecified atom stereocenters. The number of aromatic nitrogens is 2. The van der Waals surface area contributed by atoms with Crippen LogP contribution in [0.4, 0.5) is 0 Å². The van der Waals surface area contributed by atoms with Gasteiger partial charge in [-0.25, -0.2) is 4.98 Å². The van der Waals surface area contributed by atoms with Gasteiger partial charge in [0.15, 0.2) is 0 Å². The molecule has 0 radical (unpaired) electrons. The van der Waals surface area contributed by atoms with Gasteiger partial charge in [-0.05, 0) is 47.0 Å². The summed E-state index contributed by atoms with van der Waals surface area (Å²) in [5, 5.41) is 17.6. The summed E-state index contributed by atoms with van der Waals surface area (Å²) < 4.78 is 5.36. The summed E-state index contributed by atoms with van der Waals surface area (Å²) in [7, 11) is 0. The number of amides is 1. The average Bonchev–Trinajstić information content (AvgIpc) is 3.10. The van der Waals surface area contributed by atoms with Gasteiger partial charge in [-0.1, -0.05) is 18.5 Å². The average molecular weight is 380 g/mol. The number of hydrogen-bond donors (Lipinski definition) is 2. The van der Waals surface area contributed by atoms with E-state index in [1.165, 1.54) is 16.9 Å². The minimum absolute atomic E-state index is 0.182. The first kappa shape index (κ1) is 20.6. The first-order chi connectivity index (χ1) is 12.2. The van der Waals surface area contributed by atoms with Crippen molar-refractivity contribution in [1.29, 1.82) is 0 Å². The molecule has 1 amide bonds. The van der Waals surface area contributed by atoms with Crippen LogP contribution in [0.15, 0.2) is 4.52 Å². The van der Waals surface area contributed by atoms with E-state index in [1.807, 2.05) is 13.8 Å². The van der Waals surface area contributed by atoms with Gasteiger partial charge in [-0.3, -0.25) is 4.79 Å². The molecule has 0 atom stereocenters. The molecule has 0 aliphatic carbocycles. The van der Waals surface area contributed by atoms with Crippen LogP contribution in [-0.2, 0) is 19.3 Å². The topological polar surface area (TPSA) is 88.2 Å². The maximum atomic E-state index is 12.3. The lowest BCUT2D eigenvalue weighted by atomic mass is 10.0. The van der Waals surface area contributed by atoms with Gasteiger partial charge in [0.2, 0.25) is 0 Å². The number of carbonyl (C=O) groups excluding carboxylic acids is 1. The Morgan fingerprint density at radius 2 is 2.00 bits per heavy atom. The highest BCUT2D eigenvalue weighted by Crippen LogP contribution is 2.22. The van der Waals surface area contributed by atoms with E-state index in [-0.39, 0.29) is 12.5 Å². The molecule has 2 heterocycles. The Kier molecular flexibility index (Phi) is 6.94. The molecule has 0 fully saturated rings. The molecular formula is C19H29N3O3S. The molecule has 0 saturated heterocycles. The van der Waals surface area contributed by atoms with Gasteiger partial charge in [0.1, 0.15) is 10.6 Å². The third kappa shape index (κ3) is 5.64. The molecule has 2 N–H and O–H groups in total. The highest BCUT2D eigenvalue weighted by molar-refractivity contribution is 7.13. The molecule has 0 spiro atoms. The van der Waals surface area contributed by atoms with Crippen molar-refractivity contribution in [2.75, 3.05) is 6.54 Å². The lowest BCUT2D eigenvalue weighted by Crippen LogP contribution is -2.38. The van der Waals surface area contributed by atoms with Crippen LogP contribution in [-0.4, -0.2) is 33.3 Å². The van der Waals surface area contributed by atoms with Gasteiger partial charge in [-0.15, -0.1) is 11.3 Å². The Bertz CT molecular complexity index is 744. The molecular weight excluding hydrogens is 350 g/mol. The van der Waals surface area contributed by atoms with Crippen LogP contribution in [0.2, 0.25) is 0 Å². The maximum absolute atomic E-state index is 12.3. The zero-order chi connectivity index (χ0) is 19.3. The number of aliphatic hydroxyl groups is 1. The molecule has 144 valence electrons. The molecule has 0 bridgehead atoms. The smallest absolute Gasteiger partial charge is 0.263 e. The van der Waals surface area contributed by atoms with Crippen LogP contribution in [0.1, 0.15) is 71.0 Å². The van der Waals surface area contributed by atoms with Gasteiger partial charge in [0.05, 0.1) is 22.0 Å². The minimum atomic E-state index is -0.933. The zero-order valence-electron chi connectivity index (χ0n) is 16.3. The Hall–Kier alpha value is -1.73. The standard InChI is InChI=1S/C19H29N3O3S/c1-6-7-8-15-14(13(3)25-22-15)9-10-16-21-12(2)17(26-16)18(23)20-11-19(4,5)24/h24H,6-11H2,1-5H3,(H,20,23). The van der Waals surface area contributed by atoms with Crippen molar-refractivity contribution in [1.82, 2.24) is 15.5 Å². The number of hydrogen-bond acceptors (Lipinski definition) is 6. The second kappa shape index (κ2) is 8.77. The predicted octanol–water partition coefficient (Wildman–Crippen LogP) is 3.38. The molecule has 2 aromatic rings. The monoisotopic (exact) mass is 379 g/mol. The Balaban J connectivity index is 2.02. The summed E-state index contributed by atoms with van der Waals surface area (Å²) in [6.07, 6.45) is 4.73. The van der Waals surface area contributed by atoms with E-state index in [1.54, 1.807) is 13.8 Å². The quantitative estimate of drug-likeness (QED) is 0.697. The third-order valence-electron chi connectivity index (χ3n) is 4.15. The fourth-order valence-corrected chi connectivity index (χ4v) is 3.66. The second-order valence-electron chi connectivity index (χ2n) is 7.28. The molecule has 0 saturated carbocycles. The van der Waals surface area contributed by atoms with Gasteiger partial charge in [-0.2, -0.15) is 0 Å². The van der Waals surface area contributed by atoms with E-state index >= 15 is 0 Å². The first-order valence-corrected chi connectivity index (χ1v) is 9.93. The van der Waals surface area contributed by atoms with Crippen LogP contribution in [0.3, 0.4) is 0 Å². The molecule has 0 aliphatic rings. The highest BCUT2D eigenvalue weighted by atomic mass is 32.1. The SMILES string of the molecule is CCCCc1noc(C)c1CCc1nc(C)c(C(=O)NCC(C)(C)O)s1. The number of unbranched alkanes of at least 4 members (excludes halogenated alkanes) is 1. The van der Waals surface area contributed by atoms with Crippen LogP contribution >= 0.6 is 11.3 Å². The molecule has 26 heavy (non-hydrogen) atoms. The summed E-state index contributed by atoms with van der Waals surface area (Å²) in [5.41, 5.74) is 2.00.